The van der Waals surface area contributed by atoms with Crippen LogP contribution in [0.3, 0.4) is 0 Å². The fourth-order valence-electron chi connectivity index (χ4n) is 2.65. The van der Waals surface area contributed by atoms with Crippen LogP contribution in [0.4, 0.5) is 11.4 Å². The quantitative estimate of drug-likeness (QED) is 0.906. The number of nitrogens with one attached hydrogen (secondary N) is 1. The predicted octanol–water partition coefficient (Wildman–Crippen LogP) is 2.96. The van der Waals surface area contributed by atoms with Crippen molar-refractivity contribution in [2.75, 3.05) is 36.5 Å². The number of pyridine rings is 1. The molecule has 0 spiro atoms. The molecule has 0 radical (unpaired) electrons. The SMILES string of the molecule is CC(C)Oc1ccc(NC(=O)c2cc(N3CCOCC3)ccn2)cc1. The summed E-state index contributed by atoms with van der Waals surface area (Å²) < 4.78 is 11.0. The Bertz CT molecular complexity index is 710. The molecule has 132 valence electrons. The number of nitrogens with zero attached hydrogens (tertiary/aromatic N) is 2. The number of carbonyl (C=O) groups excluding carboxylic acids is 1. The van der Waals surface area contributed by atoms with E-state index in [1.165, 1.54) is 0 Å². The van der Waals surface area contributed by atoms with Crippen LogP contribution in [0.1, 0.15) is 24.3 Å². The number of aromatic nitrogens is 1. The Morgan fingerprint density at radius 2 is 1.92 bits per heavy atom. The first-order chi connectivity index (χ1) is 12.1. The Labute approximate surface area is 147 Å². The maximum Gasteiger partial charge on any atom is 0.274 e. The van der Waals surface area contributed by atoms with E-state index in [1.54, 1.807) is 6.20 Å². The first kappa shape index (κ1) is 17.2. The van der Waals surface area contributed by atoms with Gasteiger partial charge in [0.2, 0.25) is 0 Å². The second kappa shape index (κ2) is 7.98. The van der Waals surface area contributed by atoms with Gasteiger partial charge in [0.25, 0.3) is 5.91 Å². The van der Waals surface area contributed by atoms with Gasteiger partial charge in [0, 0.05) is 30.7 Å². The van der Waals surface area contributed by atoms with Crippen LogP contribution in [-0.2, 0) is 4.74 Å². The van der Waals surface area contributed by atoms with E-state index in [4.69, 9.17) is 9.47 Å². The van der Waals surface area contributed by atoms with Gasteiger partial charge >= 0.3 is 0 Å². The number of amides is 1. The molecule has 6 nitrogen and oxygen atoms in total. The van der Waals surface area contributed by atoms with Crippen molar-refractivity contribution < 1.29 is 14.3 Å². The first-order valence-corrected chi connectivity index (χ1v) is 8.48. The Kier molecular flexibility index (Phi) is 5.50. The summed E-state index contributed by atoms with van der Waals surface area (Å²) in [5.41, 5.74) is 2.09. The minimum Gasteiger partial charge on any atom is -0.491 e. The van der Waals surface area contributed by atoms with Crippen molar-refractivity contribution in [3.63, 3.8) is 0 Å². The van der Waals surface area contributed by atoms with Gasteiger partial charge in [-0.2, -0.15) is 0 Å². The molecule has 1 aliphatic heterocycles. The number of carbonyl (C=O) groups is 1. The fourth-order valence-corrected chi connectivity index (χ4v) is 2.65. The Morgan fingerprint density at radius 1 is 1.20 bits per heavy atom. The van der Waals surface area contributed by atoms with Crippen molar-refractivity contribution in [2.24, 2.45) is 0 Å². The summed E-state index contributed by atoms with van der Waals surface area (Å²) in [7, 11) is 0. The van der Waals surface area contributed by atoms with Crippen LogP contribution in [0, 0.1) is 0 Å². The Morgan fingerprint density at radius 3 is 2.60 bits per heavy atom. The molecule has 1 N–H and O–H groups in total. The lowest BCUT2D eigenvalue weighted by atomic mass is 10.2. The third-order valence-electron chi connectivity index (χ3n) is 3.84. The number of benzene rings is 1. The summed E-state index contributed by atoms with van der Waals surface area (Å²) in [5.74, 6) is 0.549. The van der Waals surface area contributed by atoms with Crippen molar-refractivity contribution in [1.82, 2.24) is 4.98 Å². The Balaban J connectivity index is 1.66. The molecule has 0 unspecified atom stereocenters. The van der Waals surface area contributed by atoms with Crippen LogP contribution in [0.2, 0.25) is 0 Å². The van der Waals surface area contributed by atoms with Crippen molar-refractivity contribution in [3.05, 3.63) is 48.3 Å². The molecular formula is C19H23N3O3. The topological polar surface area (TPSA) is 63.7 Å². The fraction of sp³-hybridized carbons (Fsp3) is 0.368. The van der Waals surface area contributed by atoms with E-state index in [0.29, 0.717) is 24.6 Å². The van der Waals surface area contributed by atoms with Gasteiger partial charge in [0.1, 0.15) is 11.4 Å². The molecule has 2 aromatic rings. The van der Waals surface area contributed by atoms with Crippen molar-refractivity contribution >= 4 is 17.3 Å². The van der Waals surface area contributed by atoms with Crippen LogP contribution >= 0.6 is 0 Å². The van der Waals surface area contributed by atoms with Gasteiger partial charge in [0.15, 0.2) is 0 Å². The molecule has 0 saturated carbocycles. The summed E-state index contributed by atoms with van der Waals surface area (Å²) in [5, 5.41) is 2.87. The molecule has 3 rings (SSSR count). The predicted molar refractivity (Wildman–Crippen MR) is 97.4 cm³/mol. The normalized spacial score (nSPS) is 14.4. The van der Waals surface area contributed by atoms with Gasteiger partial charge in [0.05, 0.1) is 19.3 Å². The van der Waals surface area contributed by atoms with Crippen LogP contribution in [-0.4, -0.2) is 43.3 Å². The molecule has 1 aromatic carbocycles. The summed E-state index contributed by atoms with van der Waals surface area (Å²) in [4.78, 5) is 18.9. The third-order valence-corrected chi connectivity index (χ3v) is 3.84. The molecule has 1 amide bonds. The second-order valence-electron chi connectivity index (χ2n) is 6.14. The summed E-state index contributed by atoms with van der Waals surface area (Å²) in [6, 6.07) is 11.1. The molecule has 2 heterocycles. The number of morpholine rings is 1. The molecule has 1 aliphatic rings. The molecular weight excluding hydrogens is 318 g/mol. The highest BCUT2D eigenvalue weighted by atomic mass is 16.5. The minimum absolute atomic E-state index is 0.118. The average Bonchev–Trinajstić information content (AvgIpc) is 2.64. The second-order valence-corrected chi connectivity index (χ2v) is 6.14. The highest BCUT2D eigenvalue weighted by Gasteiger charge is 2.14. The van der Waals surface area contributed by atoms with E-state index in [9.17, 15) is 4.79 Å². The van der Waals surface area contributed by atoms with E-state index < -0.39 is 0 Å². The molecule has 25 heavy (non-hydrogen) atoms. The molecule has 1 saturated heterocycles. The van der Waals surface area contributed by atoms with Gasteiger partial charge in [-0.3, -0.25) is 9.78 Å². The number of hydrogen-bond acceptors (Lipinski definition) is 5. The maximum atomic E-state index is 12.5. The molecule has 6 heteroatoms. The highest BCUT2D eigenvalue weighted by Crippen LogP contribution is 2.19. The smallest absolute Gasteiger partial charge is 0.274 e. The third kappa shape index (κ3) is 4.70. The van der Waals surface area contributed by atoms with Crippen LogP contribution < -0.4 is 15.0 Å². The molecule has 0 bridgehead atoms. The summed E-state index contributed by atoms with van der Waals surface area (Å²) in [6.07, 6.45) is 1.78. The zero-order valence-corrected chi connectivity index (χ0v) is 14.6. The number of ether oxygens (including phenoxy) is 2. The maximum absolute atomic E-state index is 12.5. The van der Waals surface area contributed by atoms with E-state index >= 15 is 0 Å². The summed E-state index contributed by atoms with van der Waals surface area (Å²) in [6.45, 7) is 7.00. The minimum atomic E-state index is -0.229. The van der Waals surface area contributed by atoms with Gasteiger partial charge in [-0.25, -0.2) is 0 Å². The van der Waals surface area contributed by atoms with Gasteiger partial charge in [-0.05, 0) is 50.2 Å². The monoisotopic (exact) mass is 341 g/mol. The molecule has 1 fully saturated rings. The standard InChI is InChI=1S/C19H23N3O3/c1-14(2)25-17-5-3-15(4-6-17)21-19(23)18-13-16(7-8-20-18)22-9-11-24-12-10-22/h3-8,13-14H,9-12H2,1-2H3,(H,21,23). The van der Waals surface area contributed by atoms with E-state index in [2.05, 4.69) is 15.2 Å². The lowest BCUT2D eigenvalue weighted by Gasteiger charge is -2.28. The molecule has 0 atom stereocenters. The lowest BCUT2D eigenvalue weighted by Crippen LogP contribution is -2.36. The van der Waals surface area contributed by atoms with Gasteiger partial charge < -0.3 is 19.7 Å². The van der Waals surface area contributed by atoms with E-state index in [1.807, 2.05) is 50.2 Å². The van der Waals surface area contributed by atoms with Gasteiger partial charge in [-0.1, -0.05) is 0 Å². The first-order valence-electron chi connectivity index (χ1n) is 8.48. The van der Waals surface area contributed by atoms with Crippen LogP contribution in [0.15, 0.2) is 42.6 Å². The van der Waals surface area contributed by atoms with Crippen molar-refractivity contribution in [2.45, 2.75) is 20.0 Å². The summed E-state index contributed by atoms with van der Waals surface area (Å²) >= 11 is 0. The van der Waals surface area contributed by atoms with Gasteiger partial charge in [-0.15, -0.1) is 0 Å². The average molecular weight is 341 g/mol. The van der Waals surface area contributed by atoms with E-state index in [-0.39, 0.29) is 12.0 Å². The van der Waals surface area contributed by atoms with Crippen LogP contribution in [0.25, 0.3) is 0 Å². The zero-order valence-electron chi connectivity index (χ0n) is 14.6. The van der Waals surface area contributed by atoms with Crippen molar-refractivity contribution in [1.29, 1.82) is 0 Å². The highest BCUT2D eigenvalue weighted by molar-refractivity contribution is 6.03. The van der Waals surface area contributed by atoms with Crippen LogP contribution in [0.5, 0.6) is 5.75 Å². The largest absolute Gasteiger partial charge is 0.491 e. The van der Waals surface area contributed by atoms with Crippen molar-refractivity contribution in [3.8, 4) is 5.75 Å². The molecule has 1 aromatic heterocycles. The number of hydrogen-bond donors (Lipinski definition) is 1. The zero-order chi connectivity index (χ0) is 17.6. The number of rotatable bonds is 5. The number of anilines is 2. The Hall–Kier alpha value is -2.60. The van der Waals surface area contributed by atoms with E-state index in [0.717, 1.165) is 24.5 Å². The lowest BCUT2D eigenvalue weighted by molar-refractivity contribution is 0.102. The molecule has 0 aliphatic carbocycles.